The first kappa shape index (κ1) is 12.9. The van der Waals surface area contributed by atoms with E-state index in [1.807, 2.05) is 0 Å². The minimum atomic E-state index is -4.27. The monoisotopic (exact) mass is 273 g/mol. The summed E-state index contributed by atoms with van der Waals surface area (Å²) in [6.07, 6.45) is -3.15. The highest BCUT2D eigenvalue weighted by molar-refractivity contribution is 8.13. The number of aromatic nitrogens is 1. The van der Waals surface area contributed by atoms with Crippen molar-refractivity contribution in [3.8, 4) is 11.5 Å². The molecule has 0 aliphatic carbocycles. The zero-order valence-electron chi connectivity index (χ0n) is 7.82. The van der Waals surface area contributed by atoms with Gasteiger partial charge in [-0.15, -0.1) is 0 Å². The average molecular weight is 274 g/mol. The average Bonchev–Trinajstić information content (AvgIpc) is 2.15. The molecule has 0 bridgehead atoms. The Bertz CT molecular complexity index is 505. The molecule has 1 rings (SSSR count). The predicted molar refractivity (Wildman–Crippen MR) is 50.4 cm³/mol. The second kappa shape index (κ2) is 4.38. The van der Waals surface area contributed by atoms with E-state index in [1.165, 1.54) is 0 Å². The van der Waals surface area contributed by atoms with Gasteiger partial charge in [0.1, 0.15) is 0 Å². The third-order valence-corrected chi connectivity index (χ3v) is 2.82. The fourth-order valence-corrected chi connectivity index (χ4v) is 1.64. The molecule has 0 unspecified atom stereocenters. The first-order chi connectivity index (χ1) is 7.27. The van der Waals surface area contributed by atoms with Gasteiger partial charge >= 0.3 is 0 Å². The molecule has 0 fully saturated rings. The highest BCUT2D eigenvalue weighted by Crippen LogP contribution is 2.36. The van der Waals surface area contributed by atoms with Gasteiger partial charge in [0.2, 0.25) is 0 Å². The largest absolute Gasteiger partial charge is 0.503 e. The Kier molecular flexibility index (Phi) is 3.54. The number of halogens is 3. The number of ether oxygens (including phenoxy) is 1. The van der Waals surface area contributed by atoms with E-state index < -0.39 is 37.7 Å². The van der Waals surface area contributed by atoms with Crippen LogP contribution in [0.25, 0.3) is 0 Å². The Balaban J connectivity index is 3.53. The third kappa shape index (κ3) is 2.50. The van der Waals surface area contributed by atoms with E-state index in [2.05, 4.69) is 9.72 Å². The van der Waals surface area contributed by atoms with E-state index in [0.717, 1.165) is 13.2 Å². The standard InChI is InChI=1S/C7H6ClF2NO4S/c1-15-3-2-4(16(8,13)14)11-5(6(3)12)7(9)10/h2,7,12H,1H3. The minimum absolute atomic E-state index is 0.440. The van der Waals surface area contributed by atoms with Crippen LogP contribution in [0.3, 0.4) is 0 Å². The zero-order valence-corrected chi connectivity index (χ0v) is 9.39. The van der Waals surface area contributed by atoms with Crippen molar-refractivity contribution in [1.82, 2.24) is 4.98 Å². The number of nitrogens with zero attached hydrogens (tertiary/aromatic N) is 1. The minimum Gasteiger partial charge on any atom is -0.503 e. The van der Waals surface area contributed by atoms with Gasteiger partial charge in [0.15, 0.2) is 22.2 Å². The maximum absolute atomic E-state index is 12.4. The number of aromatic hydroxyl groups is 1. The summed E-state index contributed by atoms with van der Waals surface area (Å²) < 4.78 is 51.1. The van der Waals surface area contributed by atoms with Crippen LogP contribution in [0, 0.1) is 0 Å². The second-order valence-corrected chi connectivity index (χ2v) is 5.15. The maximum atomic E-state index is 12.4. The van der Waals surface area contributed by atoms with Gasteiger partial charge in [-0.2, -0.15) is 0 Å². The summed E-state index contributed by atoms with van der Waals surface area (Å²) in [5.74, 6) is -1.36. The maximum Gasteiger partial charge on any atom is 0.284 e. The van der Waals surface area contributed by atoms with Crippen molar-refractivity contribution in [1.29, 1.82) is 0 Å². The summed E-state index contributed by atoms with van der Waals surface area (Å²) in [6.45, 7) is 0. The summed E-state index contributed by atoms with van der Waals surface area (Å²) in [5.41, 5.74) is -1.10. The lowest BCUT2D eigenvalue weighted by molar-refractivity contribution is 0.140. The molecule has 90 valence electrons. The molecule has 0 spiro atoms. The van der Waals surface area contributed by atoms with Crippen molar-refractivity contribution < 1.29 is 27.0 Å². The van der Waals surface area contributed by atoms with E-state index in [4.69, 9.17) is 10.7 Å². The van der Waals surface area contributed by atoms with Crippen molar-refractivity contribution >= 4 is 19.7 Å². The number of methoxy groups -OCH3 is 1. The van der Waals surface area contributed by atoms with Crippen LogP contribution in [-0.2, 0) is 9.05 Å². The predicted octanol–water partition coefficient (Wildman–Crippen LogP) is 1.66. The number of hydrogen-bond acceptors (Lipinski definition) is 5. The molecule has 1 heterocycles. The molecule has 0 saturated heterocycles. The van der Waals surface area contributed by atoms with Crippen molar-refractivity contribution in [2.75, 3.05) is 7.11 Å². The molecule has 16 heavy (non-hydrogen) atoms. The molecular weight excluding hydrogens is 268 g/mol. The first-order valence-electron chi connectivity index (χ1n) is 3.78. The number of alkyl halides is 2. The molecule has 0 radical (unpaired) electrons. The van der Waals surface area contributed by atoms with Crippen LogP contribution in [0.4, 0.5) is 8.78 Å². The Hall–Kier alpha value is -1.15. The first-order valence-corrected chi connectivity index (χ1v) is 6.09. The molecule has 0 atom stereocenters. The van der Waals surface area contributed by atoms with E-state index >= 15 is 0 Å². The molecule has 0 saturated carbocycles. The highest BCUT2D eigenvalue weighted by atomic mass is 35.7. The van der Waals surface area contributed by atoms with Crippen molar-refractivity contribution in [3.05, 3.63) is 11.8 Å². The summed E-state index contributed by atoms with van der Waals surface area (Å²) in [5, 5.41) is 8.44. The smallest absolute Gasteiger partial charge is 0.284 e. The summed E-state index contributed by atoms with van der Waals surface area (Å²) in [4.78, 5) is 3.05. The molecule has 1 aromatic heterocycles. The Labute approximate surface area is 94.1 Å². The molecule has 0 aromatic carbocycles. The van der Waals surface area contributed by atoms with Crippen molar-refractivity contribution in [3.63, 3.8) is 0 Å². The van der Waals surface area contributed by atoms with Gasteiger partial charge in [0.25, 0.3) is 15.5 Å². The number of rotatable bonds is 3. The fourth-order valence-electron chi connectivity index (χ4n) is 0.943. The van der Waals surface area contributed by atoms with Crippen LogP contribution < -0.4 is 4.74 Å². The Morgan fingerprint density at radius 3 is 2.50 bits per heavy atom. The molecule has 0 aliphatic heterocycles. The van der Waals surface area contributed by atoms with Crippen LogP contribution in [0.5, 0.6) is 11.5 Å². The Morgan fingerprint density at radius 1 is 1.56 bits per heavy atom. The summed E-state index contributed by atoms with van der Waals surface area (Å²) in [6, 6.07) is 0.754. The van der Waals surface area contributed by atoms with Crippen LogP contribution >= 0.6 is 10.7 Å². The van der Waals surface area contributed by atoms with E-state index in [0.29, 0.717) is 0 Å². The molecule has 1 aromatic rings. The van der Waals surface area contributed by atoms with Gasteiger partial charge in [-0.3, -0.25) is 0 Å². The SMILES string of the molecule is COc1cc(S(=O)(=O)Cl)nc(C(F)F)c1O. The topological polar surface area (TPSA) is 76.5 Å². The van der Waals surface area contributed by atoms with Gasteiger partial charge in [-0.05, 0) is 0 Å². The van der Waals surface area contributed by atoms with Gasteiger partial charge < -0.3 is 9.84 Å². The van der Waals surface area contributed by atoms with Gasteiger partial charge in [0.05, 0.1) is 7.11 Å². The van der Waals surface area contributed by atoms with Crippen molar-refractivity contribution in [2.45, 2.75) is 11.5 Å². The number of hydrogen-bond donors (Lipinski definition) is 1. The summed E-state index contributed by atoms with van der Waals surface area (Å²) >= 11 is 0. The lowest BCUT2D eigenvalue weighted by atomic mass is 10.3. The Morgan fingerprint density at radius 2 is 2.12 bits per heavy atom. The van der Waals surface area contributed by atoms with Crippen molar-refractivity contribution in [2.24, 2.45) is 0 Å². The van der Waals surface area contributed by atoms with E-state index in [-0.39, 0.29) is 0 Å². The number of pyridine rings is 1. The quantitative estimate of drug-likeness (QED) is 0.848. The second-order valence-electron chi connectivity index (χ2n) is 2.64. The van der Waals surface area contributed by atoms with Crippen LogP contribution in [0.2, 0.25) is 0 Å². The lowest BCUT2D eigenvalue weighted by Gasteiger charge is -2.08. The molecule has 9 heteroatoms. The van der Waals surface area contributed by atoms with Crippen LogP contribution in [0.15, 0.2) is 11.1 Å². The lowest BCUT2D eigenvalue weighted by Crippen LogP contribution is -2.02. The highest BCUT2D eigenvalue weighted by Gasteiger charge is 2.24. The van der Waals surface area contributed by atoms with Gasteiger partial charge in [0, 0.05) is 16.7 Å². The zero-order chi connectivity index (χ0) is 12.5. The van der Waals surface area contributed by atoms with Gasteiger partial charge in [-0.1, -0.05) is 0 Å². The molecule has 0 amide bonds. The molecular formula is C7H6ClF2NO4S. The third-order valence-electron chi connectivity index (χ3n) is 1.64. The van der Waals surface area contributed by atoms with Gasteiger partial charge in [-0.25, -0.2) is 22.2 Å². The molecule has 1 N–H and O–H groups in total. The van der Waals surface area contributed by atoms with Crippen LogP contribution in [0.1, 0.15) is 12.1 Å². The van der Waals surface area contributed by atoms with Crippen LogP contribution in [-0.4, -0.2) is 25.6 Å². The van der Waals surface area contributed by atoms with E-state index in [1.54, 1.807) is 0 Å². The fraction of sp³-hybridized carbons (Fsp3) is 0.286. The molecule has 5 nitrogen and oxygen atoms in total. The summed E-state index contributed by atoms with van der Waals surface area (Å²) in [7, 11) is 1.75. The normalized spacial score (nSPS) is 11.8. The van der Waals surface area contributed by atoms with E-state index in [9.17, 15) is 22.3 Å². The molecule has 0 aliphatic rings.